The van der Waals surface area contributed by atoms with E-state index in [1.165, 1.54) is 12.8 Å². The number of unbranched alkanes of at least 4 members (excludes halogenated alkanes) is 5. The first-order valence-electron chi connectivity index (χ1n) is 10.2. The minimum Gasteiger partial charge on any atom is -0.478 e. The molecule has 0 aliphatic carbocycles. The summed E-state index contributed by atoms with van der Waals surface area (Å²) in [4.78, 5) is 16.8. The Labute approximate surface area is 167 Å². The van der Waals surface area contributed by atoms with Crippen molar-refractivity contribution in [1.82, 2.24) is 0 Å². The van der Waals surface area contributed by atoms with E-state index in [-0.39, 0.29) is 30.5 Å². The number of cyclic esters (lactones) is 1. The normalized spacial score (nSPS) is 21.8. The van der Waals surface area contributed by atoms with Crippen LogP contribution in [0.25, 0.3) is 0 Å². The lowest BCUT2D eigenvalue weighted by molar-refractivity contribution is -0.241. The average Bonchev–Trinajstić information content (AvgIpc) is 2.93. The third-order valence-electron chi connectivity index (χ3n) is 4.93. The van der Waals surface area contributed by atoms with Gasteiger partial charge in [-0.2, -0.15) is 0 Å². The molecule has 0 aromatic rings. The molecule has 28 heavy (non-hydrogen) atoms. The van der Waals surface area contributed by atoms with E-state index in [1.54, 1.807) is 0 Å². The molecule has 0 amide bonds. The number of hydrogen-bond acceptors (Lipinski definition) is 8. The van der Waals surface area contributed by atoms with Gasteiger partial charge in [0.2, 0.25) is 11.4 Å². The molecule has 0 saturated carbocycles. The predicted octanol–water partition coefficient (Wildman–Crippen LogP) is 2.51. The van der Waals surface area contributed by atoms with Gasteiger partial charge < -0.3 is 29.7 Å². The van der Waals surface area contributed by atoms with Crippen molar-refractivity contribution in [2.24, 2.45) is 5.92 Å². The molecule has 1 aliphatic heterocycles. The maximum absolute atomic E-state index is 12.4. The summed E-state index contributed by atoms with van der Waals surface area (Å²) in [6, 6.07) is 0. The van der Waals surface area contributed by atoms with Crippen LogP contribution < -0.4 is 0 Å². The van der Waals surface area contributed by atoms with Crippen molar-refractivity contribution >= 4 is 5.97 Å². The fourth-order valence-corrected chi connectivity index (χ4v) is 3.51. The first kappa shape index (κ1) is 24.7. The van der Waals surface area contributed by atoms with Gasteiger partial charge in [0.05, 0.1) is 13.2 Å². The molecule has 0 aromatic carbocycles. The van der Waals surface area contributed by atoms with E-state index in [0.29, 0.717) is 6.42 Å². The fraction of sp³-hybridized carbons (Fsp3) is 0.850. The maximum Gasteiger partial charge on any atom is 0.378 e. The Kier molecular flexibility index (Phi) is 10.8. The highest BCUT2D eigenvalue weighted by molar-refractivity contribution is 5.90. The molecule has 1 unspecified atom stereocenters. The molecule has 164 valence electrons. The summed E-state index contributed by atoms with van der Waals surface area (Å²) in [5, 5.41) is 38.7. The topological polar surface area (TPSA) is 126 Å². The number of rotatable bonds is 15. The van der Waals surface area contributed by atoms with Crippen LogP contribution in [0, 0.1) is 5.92 Å². The Morgan fingerprint density at radius 3 is 2.25 bits per heavy atom. The molecular weight excluding hydrogens is 368 g/mol. The lowest BCUT2D eigenvalue weighted by atomic mass is 9.86. The number of carbonyl (C=O) groups is 1. The van der Waals surface area contributed by atoms with Crippen molar-refractivity contribution in [2.45, 2.75) is 89.9 Å². The van der Waals surface area contributed by atoms with Gasteiger partial charge in [0, 0.05) is 0 Å². The third-order valence-corrected chi connectivity index (χ3v) is 4.93. The van der Waals surface area contributed by atoms with Crippen LogP contribution in [0.5, 0.6) is 0 Å². The Morgan fingerprint density at radius 2 is 1.71 bits per heavy atom. The molecule has 1 rings (SSSR count). The molecule has 3 atom stereocenters. The van der Waals surface area contributed by atoms with Gasteiger partial charge in [-0.05, 0) is 25.2 Å². The molecule has 0 radical (unpaired) electrons. The molecule has 8 heteroatoms. The van der Waals surface area contributed by atoms with Crippen molar-refractivity contribution in [3.8, 4) is 0 Å². The highest BCUT2D eigenvalue weighted by atomic mass is 17.1. The highest BCUT2D eigenvalue weighted by Crippen LogP contribution is 2.41. The van der Waals surface area contributed by atoms with Crippen molar-refractivity contribution in [1.29, 1.82) is 0 Å². The summed E-state index contributed by atoms with van der Waals surface area (Å²) in [6.45, 7) is 4.81. The van der Waals surface area contributed by atoms with Crippen LogP contribution >= 0.6 is 0 Å². The third kappa shape index (κ3) is 6.34. The Hall–Kier alpha value is -1.35. The summed E-state index contributed by atoms with van der Waals surface area (Å²) in [7, 11) is 0. The van der Waals surface area contributed by atoms with Crippen LogP contribution in [-0.4, -0.2) is 57.6 Å². The molecular formula is C20H36O8. The van der Waals surface area contributed by atoms with Crippen molar-refractivity contribution in [3.05, 3.63) is 11.5 Å². The summed E-state index contributed by atoms with van der Waals surface area (Å²) in [5.74, 6) is -1.69. The van der Waals surface area contributed by atoms with Crippen LogP contribution in [0.2, 0.25) is 0 Å². The molecule has 1 aliphatic rings. The second-order valence-electron chi connectivity index (χ2n) is 7.80. The lowest BCUT2D eigenvalue weighted by Crippen LogP contribution is -2.48. The van der Waals surface area contributed by atoms with Gasteiger partial charge in [-0.3, -0.25) is 0 Å². The Bertz CT molecular complexity index is 504. The van der Waals surface area contributed by atoms with Crippen molar-refractivity contribution < 1.29 is 39.7 Å². The summed E-state index contributed by atoms with van der Waals surface area (Å²) >= 11 is 0. The smallest absolute Gasteiger partial charge is 0.378 e. The van der Waals surface area contributed by atoms with Crippen LogP contribution in [0.4, 0.5) is 0 Å². The van der Waals surface area contributed by atoms with E-state index >= 15 is 0 Å². The number of ether oxygens (including phenoxy) is 2. The summed E-state index contributed by atoms with van der Waals surface area (Å²) in [6.07, 6.45) is 4.92. The zero-order chi connectivity index (χ0) is 21.2. The zero-order valence-corrected chi connectivity index (χ0v) is 17.2. The van der Waals surface area contributed by atoms with Gasteiger partial charge in [0.1, 0.15) is 12.2 Å². The molecule has 8 nitrogen and oxygen atoms in total. The summed E-state index contributed by atoms with van der Waals surface area (Å²) < 4.78 is 10.9. The number of aliphatic hydroxyl groups excluding tert-OH is 3. The van der Waals surface area contributed by atoms with E-state index in [4.69, 9.17) is 9.47 Å². The van der Waals surface area contributed by atoms with E-state index in [2.05, 4.69) is 11.8 Å². The van der Waals surface area contributed by atoms with Crippen LogP contribution in [-0.2, 0) is 19.2 Å². The Morgan fingerprint density at radius 1 is 1.07 bits per heavy atom. The molecule has 0 spiro atoms. The molecule has 1 heterocycles. The second-order valence-corrected chi connectivity index (χ2v) is 7.80. The number of esters is 1. The largest absolute Gasteiger partial charge is 0.478 e. The molecule has 0 bridgehead atoms. The standard InChI is InChI=1S/C20H36O8/c1-4-5-6-7-8-9-10-15(12-21)26-17-18(28-25)20(11-14(2)3,16(23)13-22)27-19(17)24/h14-16,21-23,25H,4-13H2,1-3H3/t15?,16-,20+/m0/s1. The Balaban J connectivity index is 2.90. The van der Waals surface area contributed by atoms with E-state index in [0.717, 1.165) is 25.7 Å². The first-order chi connectivity index (χ1) is 13.4. The van der Waals surface area contributed by atoms with Gasteiger partial charge in [-0.1, -0.05) is 52.9 Å². The van der Waals surface area contributed by atoms with Crippen LogP contribution in [0.15, 0.2) is 11.5 Å². The number of carbonyl (C=O) groups excluding carboxylic acids is 1. The molecule has 4 N–H and O–H groups in total. The zero-order valence-electron chi connectivity index (χ0n) is 17.2. The van der Waals surface area contributed by atoms with Crippen molar-refractivity contribution in [3.63, 3.8) is 0 Å². The van der Waals surface area contributed by atoms with Gasteiger partial charge in [0.25, 0.3) is 5.76 Å². The van der Waals surface area contributed by atoms with Gasteiger partial charge >= 0.3 is 5.97 Å². The second kappa shape index (κ2) is 12.3. The van der Waals surface area contributed by atoms with E-state index in [1.807, 2.05) is 13.8 Å². The highest BCUT2D eigenvalue weighted by Gasteiger charge is 2.57. The molecule has 0 aromatic heterocycles. The minimum atomic E-state index is -1.73. The van der Waals surface area contributed by atoms with Gasteiger partial charge in [-0.15, -0.1) is 0 Å². The first-order valence-corrected chi connectivity index (χ1v) is 10.2. The lowest BCUT2D eigenvalue weighted by Gasteiger charge is -2.33. The monoisotopic (exact) mass is 404 g/mol. The van der Waals surface area contributed by atoms with Gasteiger partial charge in [-0.25, -0.2) is 10.1 Å². The SMILES string of the molecule is CCCCCCCCC(CO)OC1=C(OO)[C@@](CC(C)C)([C@@H](O)CO)OC1=O. The maximum atomic E-state index is 12.4. The predicted molar refractivity (Wildman–Crippen MR) is 102 cm³/mol. The summed E-state index contributed by atoms with van der Waals surface area (Å²) in [5.41, 5.74) is -1.73. The van der Waals surface area contributed by atoms with E-state index < -0.39 is 30.4 Å². The van der Waals surface area contributed by atoms with Crippen LogP contribution in [0.1, 0.15) is 72.1 Å². The number of hydrogen-bond donors (Lipinski definition) is 4. The quantitative estimate of drug-likeness (QED) is 0.142. The minimum absolute atomic E-state index is 0.0461. The molecule has 0 saturated heterocycles. The fourth-order valence-electron chi connectivity index (χ4n) is 3.51. The van der Waals surface area contributed by atoms with Crippen molar-refractivity contribution in [2.75, 3.05) is 13.2 Å². The molecule has 0 fully saturated rings. The van der Waals surface area contributed by atoms with E-state index in [9.17, 15) is 25.4 Å². The van der Waals surface area contributed by atoms with Gasteiger partial charge in [0.15, 0.2) is 0 Å². The van der Waals surface area contributed by atoms with Crippen LogP contribution in [0.3, 0.4) is 0 Å². The average molecular weight is 405 g/mol. The number of aliphatic hydroxyl groups is 3.